The van der Waals surface area contributed by atoms with E-state index in [1.54, 1.807) is 4.68 Å². The highest BCUT2D eigenvalue weighted by Crippen LogP contribution is 2.26. The van der Waals surface area contributed by atoms with Crippen LogP contribution in [0.25, 0.3) is 0 Å². The van der Waals surface area contributed by atoms with Crippen LogP contribution >= 0.6 is 0 Å². The average Bonchev–Trinajstić information content (AvgIpc) is 3.16. The highest BCUT2D eigenvalue weighted by Gasteiger charge is 2.29. The first kappa shape index (κ1) is 14.3. The maximum atomic E-state index is 10.2. The lowest BCUT2D eigenvalue weighted by Crippen LogP contribution is -2.38. The van der Waals surface area contributed by atoms with Gasteiger partial charge in [-0.1, -0.05) is 0 Å². The number of nitrogen functional groups attached to an aromatic ring is 1. The van der Waals surface area contributed by atoms with Crippen LogP contribution in [0.4, 0.5) is 5.69 Å². The van der Waals surface area contributed by atoms with Crippen LogP contribution in [0.5, 0.6) is 0 Å². The Labute approximate surface area is 113 Å². The Hall–Kier alpha value is -1.11. The third kappa shape index (κ3) is 3.46. The summed E-state index contributed by atoms with van der Waals surface area (Å²) >= 11 is 0. The van der Waals surface area contributed by atoms with E-state index < -0.39 is 6.10 Å². The molecule has 1 saturated carbocycles. The number of anilines is 1. The van der Waals surface area contributed by atoms with E-state index in [1.165, 1.54) is 12.8 Å². The first-order valence-corrected chi connectivity index (χ1v) is 6.85. The van der Waals surface area contributed by atoms with Crippen LogP contribution in [0.15, 0.2) is 0 Å². The fraction of sp³-hybridized carbons (Fsp3) is 0.769. The van der Waals surface area contributed by atoms with Gasteiger partial charge in [-0.25, -0.2) is 0 Å². The van der Waals surface area contributed by atoms with Crippen molar-refractivity contribution >= 4 is 5.69 Å². The van der Waals surface area contributed by atoms with Gasteiger partial charge in [-0.3, -0.25) is 9.58 Å². The fourth-order valence-corrected chi connectivity index (χ4v) is 2.41. The van der Waals surface area contributed by atoms with Crippen molar-refractivity contribution in [1.29, 1.82) is 0 Å². The number of rotatable bonds is 7. The second-order valence-corrected chi connectivity index (χ2v) is 5.37. The first-order chi connectivity index (χ1) is 9.02. The van der Waals surface area contributed by atoms with Gasteiger partial charge >= 0.3 is 0 Å². The molecule has 0 saturated heterocycles. The van der Waals surface area contributed by atoms with Crippen molar-refractivity contribution in [2.75, 3.05) is 25.4 Å². The molecule has 1 fully saturated rings. The van der Waals surface area contributed by atoms with Crippen LogP contribution in [0.2, 0.25) is 0 Å². The number of nitrogens with two attached hydrogens (primary N) is 1. The van der Waals surface area contributed by atoms with E-state index in [4.69, 9.17) is 10.8 Å². The van der Waals surface area contributed by atoms with E-state index in [0.717, 1.165) is 11.4 Å². The monoisotopic (exact) mass is 268 g/mol. The minimum atomic E-state index is -0.496. The number of hydrogen-bond donors (Lipinski definition) is 3. The summed E-state index contributed by atoms with van der Waals surface area (Å²) in [5.41, 5.74) is 8.28. The van der Waals surface area contributed by atoms with Gasteiger partial charge in [0.2, 0.25) is 0 Å². The summed E-state index contributed by atoms with van der Waals surface area (Å²) in [5.74, 6) is 0. The molecule has 0 aliphatic heterocycles. The molecule has 6 nitrogen and oxygen atoms in total. The molecule has 1 aliphatic rings. The zero-order valence-electron chi connectivity index (χ0n) is 11.7. The normalized spacial score (nSPS) is 17.1. The molecule has 19 heavy (non-hydrogen) atoms. The van der Waals surface area contributed by atoms with E-state index in [-0.39, 0.29) is 6.61 Å². The number of hydrogen-bond acceptors (Lipinski definition) is 5. The Morgan fingerprint density at radius 2 is 2.16 bits per heavy atom. The van der Waals surface area contributed by atoms with Crippen molar-refractivity contribution in [2.45, 2.75) is 45.4 Å². The van der Waals surface area contributed by atoms with Crippen molar-refractivity contribution < 1.29 is 10.2 Å². The van der Waals surface area contributed by atoms with Crippen molar-refractivity contribution in [1.82, 2.24) is 14.7 Å². The molecule has 0 radical (unpaired) electrons. The van der Waals surface area contributed by atoms with Gasteiger partial charge in [-0.05, 0) is 26.7 Å². The molecule has 0 bridgehead atoms. The summed E-state index contributed by atoms with van der Waals surface area (Å²) < 4.78 is 1.76. The van der Waals surface area contributed by atoms with Crippen molar-refractivity contribution in [3.05, 3.63) is 11.4 Å². The highest BCUT2D eigenvalue weighted by molar-refractivity contribution is 5.46. The predicted octanol–water partition coefficient (Wildman–Crippen LogP) is -0.100. The topological polar surface area (TPSA) is 87.5 Å². The molecular weight excluding hydrogens is 244 g/mol. The Kier molecular flexibility index (Phi) is 4.44. The van der Waals surface area contributed by atoms with Gasteiger partial charge in [-0.2, -0.15) is 5.10 Å². The van der Waals surface area contributed by atoms with Gasteiger partial charge in [-0.15, -0.1) is 0 Å². The standard InChI is InChI=1S/C13H24N4O2/c1-9-13(14)10(2)17(15-9)8-12(19)7-16(5-6-18)11-3-4-11/h11-12,18-19H,3-8,14H2,1-2H3. The number of aliphatic hydroxyl groups excluding tert-OH is 2. The number of aromatic nitrogens is 2. The highest BCUT2D eigenvalue weighted by atomic mass is 16.3. The minimum absolute atomic E-state index is 0.135. The second-order valence-electron chi connectivity index (χ2n) is 5.37. The number of nitrogens with zero attached hydrogens (tertiary/aromatic N) is 3. The van der Waals surface area contributed by atoms with Crippen LogP contribution in [0.1, 0.15) is 24.2 Å². The lowest BCUT2D eigenvalue weighted by atomic mass is 10.3. The van der Waals surface area contributed by atoms with Gasteiger partial charge in [0.15, 0.2) is 0 Å². The number of aliphatic hydroxyl groups is 2. The van der Waals surface area contributed by atoms with Gasteiger partial charge in [0.05, 0.1) is 36.3 Å². The summed E-state index contributed by atoms with van der Waals surface area (Å²) in [5, 5.41) is 23.5. The average molecular weight is 268 g/mol. The molecule has 108 valence electrons. The fourth-order valence-electron chi connectivity index (χ4n) is 2.41. The molecule has 0 spiro atoms. The molecule has 0 aromatic carbocycles. The maximum Gasteiger partial charge on any atom is 0.0862 e. The molecule has 1 heterocycles. The minimum Gasteiger partial charge on any atom is -0.396 e. The molecule has 4 N–H and O–H groups in total. The summed E-state index contributed by atoms with van der Waals surface area (Å²) in [6.07, 6.45) is 1.84. The molecular formula is C13H24N4O2. The third-order valence-corrected chi connectivity index (χ3v) is 3.72. The Morgan fingerprint density at radius 1 is 1.47 bits per heavy atom. The van der Waals surface area contributed by atoms with E-state index in [9.17, 15) is 5.11 Å². The van der Waals surface area contributed by atoms with Gasteiger partial charge in [0, 0.05) is 19.1 Å². The maximum absolute atomic E-state index is 10.2. The molecule has 0 amide bonds. The van der Waals surface area contributed by atoms with E-state index >= 15 is 0 Å². The molecule has 1 aromatic rings. The molecule has 2 rings (SSSR count). The van der Waals surface area contributed by atoms with Crippen LogP contribution in [-0.4, -0.2) is 56.7 Å². The molecule has 1 unspecified atom stereocenters. The largest absolute Gasteiger partial charge is 0.396 e. The molecule has 1 aromatic heterocycles. The zero-order chi connectivity index (χ0) is 14.0. The second kappa shape index (κ2) is 5.90. The van der Waals surface area contributed by atoms with Crippen LogP contribution < -0.4 is 5.73 Å². The summed E-state index contributed by atoms with van der Waals surface area (Å²) in [6, 6.07) is 0.535. The van der Waals surface area contributed by atoms with E-state index in [2.05, 4.69) is 10.00 Å². The number of aryl methyl sites for hydroxylation is 1. The van der Waals surface area contributed by atoms with Crippen molar-refractivity contribution in [3.8, 4) is 0 Å². The summed E-state index contributed by atoms with van der Waals surface area (Å²) in [4.78, 5) is 2.15. The van der Waals surface area contributed by atoms with Gasteiger partial charge < -0.3 is 15.9 Å². The van der Waals surface area contributed by atoms with Gasteiger partial charge in [0.25, 0.3) is 0 Å². The SMILES string of the molecule is Cc1nn(CC(O)CN(CCO)C2CC2)c(C)c1N. The molecule has 1 aliphatic carbocycles. The van der Waals surface area contributed by atoms with Crippen LogP contribution in [0, 0.1) is 13.8 Å². The Balaban J connectivity index is 1.92. The molecule has 1 atom stereocenters. The Morgan fingerprint density at radius 3 is 2.63 bits per heavy atom. The quantitative estimate of drug-likeness (QED) is 0.643. The lowest BCUT2D eigenvalue weighted by Gasteiger charge is -2.24. The summed E-state index contributed by atoms with van der Waals surface area (Å²) in [6.45, 7) is 5.56. The first-order valence-electron chi connectivity index (χ1n) is 6.85. The van der Waals surface area contributed by atoms with E-state index in [0.29, 0.717) is 31.4 Å². The van der Waals surface area contributed by atoms with Crippen molar-refractivity contribution in [3.63, 3.8) is 0 Å². The van der Waals surface area contributed by atoms with Crippen molar-refractivity contribution in [2.24, 2.45) is 0 Å². The Bertz CT molecular complexity index is 429. The zero-order valence-corrected chi connectivity index (χ0v) is 11.7. The smallest absolute Gasteiger partial charge is 0.0862 e. The molecule has 6 heteroatoms. The van der Waals surface area contributed by atoms with Gasteiger partial charge in [0.1, 0.15) is 0 Å². The van der Waals surface area contributed by atoms with Crippen LogP contribution in [-0.2, 0) is 6.54 Å². The predicted molar refractivity (Wildman–Crippen MR) is 73.8 cm³/mol. The van der Waals surface area contributed by atoms with E-state index in [1.807, 2.05) is 13.8 Å². The third-order valence-electron chi connectivity index (χ3n) is 3.72. The van der Waals surface area contributed by atoms with Crippen LogP contribution in [0.3, 0.4) is 0 Å². The summed E-state index contributed by atoms with van der Waals surface area (Å²) in [7, 11) is 0. The lowest BCUT2D eigenvalue weighted by molar-refractivity contribution is 0.0805.